The molecule has 3 heteroatoms. The first-order valence-corrected chi connectivity index (χ1v) is 8.45. The molecule has 2 atom stereocenters. The highest BCUT2D eigenvalue weighted by Gasteiger charge is 2.21. The lowest BCUT2D eigenvalue weighted by molar-refractivity contribution is 0.0962. The summed E-state index contributed by atoms with van der Waals surface area (Å²) in [7, 11) is 0. The molecule has 0 bridgehead atoms. The molecular weight excluding hydrogens is 258 g/mol. The Morgan fingerprint density at radius 3 is 2.38 bits per heavy atom. The monoisotopic (exact) mass is 289 g/mol. The molecule has 118 valence electrons. The predicted molar refractivity (Wildman–Crippen MR) is 90.5 cm³/mol. The molecule has 1 aromatic rings. The van der Waals surface area contributed by atoms with Gasteiger partial charge in [-0.3, -0.25) is 9.80 Å². The summed E-state index contributed by atoms with van der Waals surface area (Å²) in [5.74, 6) is 0. The van der Waals surface area contributed by atoms with Crippen molar-refractivity contribution < 1.29 is 0 Å². The molecule has 0 aromatic heterocycles. The van der Waals surface area contributed by atoms with Crippen molar-refractivity contribution in [3.05, 3.63) is 35.9 Å². The van der Waals surface area contributed by atoms with Gasteiger partial charge in [0, 0.05) is 44.8 Å². The molecule has 21 heavy (non-hydrogen) atoms. The van der Waals surface area contributed by atoms with Crippen LogP contribution >= 0.6 is 0 Å². The molecule has 2 unspecified atom stereocenters. The topological polar surface area (TPSA) is 32.5 Å². The maximum Gasteiger partial charge on any atom is 0.0171 e. The van der Waals surface area contributed by atoms with E-state index >= 15 is 0 Å². The summed E-state index contributed by atoms with van der Waals surface area (Å²) in [5.41, 5.74) is 7.72. The quantitative estimate of drug-likeness (QED) is 0.836. The van der Waals surface area contributed by atoms with Crippen LogP contribution in [-0.2, 0) is 6.42 Å². The van der Waals surface area contributed by atoms with E-state index < -0.39 is 0 Å². The van der Waals surface area contributed by atoms with E-state index in [0.717, 1.165) is 25.4 Å². The number of aryl methyl sites for hydroxylation is 1. The number of nitrogens with two attached hydrogens (primary N) is 1. The summed E-state index contributed by atoms with van der Waals surface area (Å²) < 4.78 is 0. The van der Waals surface area contributed by atoms with Crippen molar-refractivity contribution in [1.82, 2.24) is 9.80 Å². The minimum Gasteiger partial charge on any atom is -0.327 e. The summed E-state index contributed by atoms with van der Waals surface area (Å²) in [6.07, 6.45) is 3.42. The molecule has 2 rings (SSSR count). The first-order valence-electron chi connectivity index (χ1n) is 8.45. The molecule has 1 aromatic carbocycles. The third kappa shape index (κ3) is 5.42. The molecule has 0 spiro atoms. The van der Waals surface area contributed by atoms with Crippen LogP contribution in [0.15, 0.2) is 30.3 Å². The zero-order chi connectivity index (χ0) is 15.1. The van der Waals surface area contributed by atoms with Gasteiger partial charge in [0.25, 0.3) is 0 Å². The van der Waals surface area contributed by atoms with Crippen LogP contribution in [0.1, 0.15) is 32.3 Å². The summed E-state index contributed by atoms with van der Waals surface area (Å²) in [6.45, 7) is 10.4. The van der Waals surface area contributed by atoms with Crippen LogP contribution in [0.5, 0.6) is 0 Å². The number of nitrogens with zero attached hydrogens (tertiary/aromatic N) is 2. The van der Waals surface area contributed by atoms with Gasteiger partial charge >= 0.3 is 0 Å². The van der Waals surface area contributed by atoms with Crippen molar-refractivity contribution in [2.75, 3.05) is 32.7 Å². The molecule has 1 aliphatic rings. The van der Waals surface area contributed by atoms with E-state index in [0.29, 0.717) is 6.04 Å². The summed E-state index contributed by atoms with van der Waals surface area (Å²) >= 11 is 0. The zero-order valence-electron chi connectivity index (χ0n) is 13.7. The summed E-state index contributed by atoms with van der Waals surface area (Å²) in [4.78, 5) is 5.14. The SMILES string of the molecule is CCC(C)N1CCN(CC(N)CCc2ccccc2)CC1. The largest absolute Gasteiger partial charge is 0.327 e. The highest BCUT2D eigenvalue weighted by Crippen LogP contribution is 2.10. The first-order chi connectivity index (χ1) is 10.2. The first kappa shape index (κ1) is 16.5. The van der Waals surface area contributed by atoms with Crippen LogP contribution in [-0.4, -0.2) is 54.6 Å². The van der Waals surface area contributed by atoms with E-state index in [1.165, 1.54) is 38.2 Å². The van der Waals surface area contributed by atoms with Crippen LogP contribution in [0.3, 0.4) is 0 Å². The molecule has 1 aliphatic heterocycles. The summed E-state index contributed by atoms with van der Waals surface area (Å²) in [5, 5.41) is 0. The number of hydrogen-bond donors (Lipinski definition) is 1. The fourth-order valence-corrected chi connectivity index (χ4v) is 3.06. The van der Waals surface area contributed by atoms with Crippen LogP contribution in [0.25, 0.3) is 0 Å². The number of hydrogen-bond acceptors (Lipinski definition) is 3. The molecule has 0 radical (unpaired) electrons. The van der Waals surface area contributed by atoms with Crippen molar-refractivity contribution in [2.45, 2.75) is 45.2 Å². The van der Waals surface area contributed by atoms with Gasteiger partial charge in [0.15, 0.2) is 0 Å². The highest BCUT2D eigenvalue weighted by molar-refractivity contribution is 5.14. The average Bonchev–Trinajstić information content (AvgIpc) is 2.54. The van der Waals surface area contributed by atoms with E-state index in [4.69, 9.17) is 5.73 Å². The van der Waals surface area contributed by atoms with Crippen LogP contribution in [0.4, 0.5) is 0 Å². The van der Waals surface area contributed by atoms with Gasteiger partial charge in [-0.05, 0) is 31.7 Å². The van der Waals surface area contributed by atoms with Gasteiger partial charge < -0.3 is 5.73 Å². The van der Waals surface area contributed by atoms with E-state index in [-0.39, 0.29) is 0 Å². The lowest BCUT2D eigenvalue weighted by Gasteiger charge is -2.38. The molecule has 3 nitrogen and oxygen atoms in total. The molecule has 0 amide bonds. The molecule has 0 aliphatic carbocycles. The standard InChI is InChI=1S/C18H31N3/c1-3-16(2)21-13-11-20(12-14-21)15-18(19)10-9-17-7-5-4-6-8-17/h4-8,16,18H,3,9-15,19H2,1-2H3. The Hall–Kier alpha value is -0.900. The maximum absolute atomic E-state index is 6.32. The van der Waals surface area contributed by atoms with E-state index in [9.17, 15) is 0 Å². The minimum absolute atomic E-state index is 0.292. The van der Waals surface area contributed by atoms with Gasteiger partial charge in [0.2, 0.25) is 0 Å². The van der Waals surface area contributed by atoms with Gasteiger partial charge in [0.05, 0.1) is 0 Å². The third-order valence-corrected chi connectivity index (χ3v) is 4.76. The molecule has 1 fully saturated rings. The number of rotatable bonds is 7. The molecular formula is C18H31N3. The second kappa shape index (κ2) is 8.52. The van der Waals surface area contributed by atoms with Crippen molar-refractivity contribution in [3.8, 4) is 0 Å². The minimum atomic E-state index is 0.292. The Balaban J connectivity index is 1.66. The van der Waals surface area contributed by atoms with E-state index in [1.54, 1.807) is 0 Å². The number of piperazine rings is 1. The van der Waals surface area contributed by atoms with Gasteiger partial charge in [-0.2, -0.15) is 0 Å². The lowest BCUT2D eigenvalue weighted by atomic mass is 10.1. The zero-order valence-corrected chi connectivity index (χ0v) is 13.7. The van der Waals surface area contributed by atoms with Crippen LogP contribution < -0.4 is 5.73 Å². The average molecular weight is 289 g/mol. The Morgan fingerprint density at radius 2 is 1.76 bits per heavy atom. The Morgan fingerprint density at radius 1 is 1.10 bits per heavy atom. The molecule has 0 saturated carbocycles. The lowest BCUT2D eigenvalue weighted by Crippen LogP contribution is -2.52. The van der Waals surface area contributed by atoms with E-state index in [2.05, 4.69) is 54.0 Å². The summed E-state index contributed by atoms with van der Waals surface area (Å²) in [6, 6.07) is 11.7. The second-order valence-electron chi connectivity index (χ2n) is 6.38. The van der Waals surface area contributed by atoms with Gasteiger partial charge in [-0.1, -0.05) is 37.3 Å². The highest BCUT2D eigenvalue weighted by atomic mass is 15.3. The fraction of sp³-hybridized carbons (Fsp3) is 0.667. The van der Waals surface area contributed by atoms with Gasteiger partial charge in [0.1, 0.15) is 0 Å². The Kier molecular flexibility index (Phi) is 6.68. The van der Waals surface area contributed by atoms with Crippen LogP contribution in [0.2, 0.25) is 0 Å². The Bertz CT molecular complexity index is 385. The smallest absolute Gasteiger partial charge is 0.0171 e. The number of benzene rings is 1. The molecule has 1 heterocycles. The second-order valence-corrected chi connectivity index (χ2v) is 6.38. The maximum atomic E-state index is 6.32. The molecule has 2 N–H and O–H groups in total. The van der Waals surface area contributed by atoms with Crippen LogP contribution in [0, 0.1) is 0 Å². The van der Waals surface area contributed by atoms with Crippen molar-refractivity contribution in [3.63, 3.8) is 0 Å². The predicted octanol–water partition coefficient (Wildman–Crippen LogP) is 2.36. The van der Waals surface area contributed by atoms with E-state index in [1.807, 2.05) is 0 Å². The van der Waals surface area contributed by atoms with Crippen molar-refractivity contribution >= 4 is 0 Å². The third-order valence-electron chi connectivity index (χ3n) is 4.76. The fourth-order valence-electron chi connectivity index (χ4n) is 3.06. The van der Waals surface area contributed by atoms with Gasteiger partial charge in [-0.15, -0.1) is 0 Å². The molecule has 1 saturated heterocycles. The van der Waals surface area contributed by atoms with Crippen molar-refractivity contribution in [1.29, 1.82) is 0 Å². The normalized spacial score (nSPS) is 20.3. The van der Waals surface area contributed by atoms with Gasteiger partial charge in [-0.25, -0.2) is 0 Å². The Labute approximate surface area is 130 Å². The van der Waals surface area contributed by atoms with Crippen molar-refractivity contribution in [2.24, 2.45) is 5.73 Å².